The van der Waals surface area contributed by atoms with Gasteiger partial charge in [0.15, 0.2) is 5.13 Å². The molecule has 1 saturated heterocycles. The lowest BCUT2D eigenvalue weighted by Crippen LogP contribution is -2.29. The van der Waals surface area contributed by atoms with E-state index in [1.807, 2.05) is 30.5 Å². The van der Waals surface area contributed by atoms with Crippen molar-refractivity contribution in [2.24, 2.45) is 0 Å². The lowest BCUT2D eigenvalue weighted by atomic mass is 10.1. The maximum Gasteiger partial charge on any atom is 0.227 e. The number of nitrogens with one attached hydrogen (secondary N) is 1. The van der Waals surface area contributed by atoms with Crippen LogP contribution in [0.15, 0.2) is 47.5 Å². The Hall–Kier alpha value is -2.38. The highest BCUT2D eigenvalue weighted by molar-refractivity contribution is 7.80. The molecule has 5 rings (SSSR count). The number of anilines is 3. The molecule has 0 amide bonds. The molecule has 27 heavy (non-hydrogen) atoms. The van der Waals surface area contributed by atoms with Gasteiger partial charge >= 0.3 is 0 Å². The molecule has 2 aromatic carbocycles. The van der Waals surface area contributed by atoms with E-state index in [-0.39, 0.29) is 0 Å². The van der Waals surface area contributed by atoms with Crippen LogP contribution in [0.1, 0.15) is 19.3 Å². The normalized spacial score (nSPS) is 14.8. The van der Waals surface area contributed by atoms with Gasteiger partial charge in [0.05, 0.1) is 15.7 Å². The van der Waals surface area contributed by atoms with Gasteiger partial charge in [0, 0.05) is 35.3 Å². The van der Waals surface area contributed by atoms with Gasteiger partial charge in [-0.1, -0.05) is 17.4 Å². The van der Waals surface area contributed by atoms with E-state index in [0.717, 1.165) is 49.9 Å². The minimum atomic E-state index is 0.585. The number of benzene rings is 2. The van der Waals surface area contributed by atoms with Crippen molar-refractivity contribution in [2.75, 3.05) is 23.3 Å². The summed E-state index contributed by atoms with van der Waals surface area (Å²) in [7, 11) is 0. The molecule has 0 aliphatic carbocycles. The van der Waals surface area contributed by atoms with Gasteiger partial charge in [0.1, 0.15) is 0 Å². The molecule has 0 spiro atoms. The Morgan fingerprint density at radius 2 is 1.93 bits per heavy atom. The zero-order valence-electron chi connectivity index (χ0n) is 14.7. The molecule has 0 atom stereocenters. The van der Waals surface area contributed by atoms with Gasteiger partial charge in [-0.05, 0) is 49.6 Å². The average molecular weight is 394 g/mol. The minimum absolute atomic E-state index is 0.585. The Balaban J connectivity index is 1.55. The van der Waals surface area contributed by atoms with E-state index in [1.54, 1.807) is 11.3 Å². The largest absolute Gasteiger partial charge is 0.348 e. The van der Waals surface area contributed by atoms with Crippen molar-refractivity contribution < 1.29 is 0 Å². The van der Waals surface area contributed by atoms with Crippen molar-refractivity contribution in [1.29, 1.82) is 0 Å². The van der Waals surface area contributed by atoms with Crippen LogP contribution in [0.25, 0.3) is 21.1 Å². The summed E-state index contributed by atoms with van der Waals surface area (Å²) in [5.74, 6) is 0.585. The van der Waals surface area contributed by atoms with Crippen LogP contribution in [0.5, 0.6) is 0 Å². The van der Waals surface area contributed by atoms with Crippen LogP contribution in [-0.4, -0.2) is 28.0 Å². The van der Waals surface area contributed by atoms with E-state index < -0.39 is 0 Å². The monoisotopic (exact) mass is 393 g/mol. The maximum absolute atomic E-state index is 4.87. The number of rotatable bonds is 3. The molecule has 7 heteroatoms. The molecular weight excluding hydrogens is 374 g/mol. The first kappa shape index (κ1) is 16.8. The summed E-state index contributed by atoms with van der Waals surface area (Å²) in [6.45, 7) is 2.19. The standard InChI is InChI=1S/C20H19N5S2/c26-15-6-4-5-14(11-15)22-19-21-12-13-7-8-16-18(17(13)24-19)27-20(23-16)25-9-2-1-3-10-25/h4-8,11-12,26H,1-3,9-10H2,(H,21,22,24). The zero-order valence-corrected chi connectivity index (χ0v) is 16.4. The van der Waals surface area contributed by atoms with E-state index in [9.17, 15) is 0 Å². The highest BCUT2D eigenvalue weighted by Crippen LogP contribution is 2.35. The topological polar surface area (TPSA) is 53.9 Å². The van der Waals surface area contributed by atoms with E-state index in [2.05, 4.69) is 40.0 Å². The van der Waals surface area contributed by atoms with Crippen LogP contribution in [0.3, 0.4) is 0 Å². The van der Waals surface area contributed by atoms with E-state index >= 15 is 0 Å². The van der Waals surface area contributed by atoms with Crippen LogP contribution < -0.4 is 10.2 Å². The number of piperidine rings is 1. The van der Waals surface area contributed by atoms with Crippen molar-refractivity contribution in [3.63, 3.8) is 0 Å². The predicted molar refractivity (Wildman–Crippen MR) is 116 cm³/mol. The quantitative estimate of drug-likeness (QED) is 0.465. The lowest BCUT2D eigenvalue weighted by Gasteiger charge is -2.25. The predicted octanol–water partition coefficient (Wildman–Crippen LogP) is 5.26. The molecule has 2 aromatic heterocycles. The van der Waals surface area contributed by atoms with Gasteiger partial charge in [-0.15, -0.1) is 12.6 Å². The fourth-order valence-corrected chi connectivity index (χ4v) is 4.80. The van der Waals surface area contributed by atoms with Gasteiger partial charge in [-0.3, -0.25) is 0 Å². The molecule has 1 aliphatic rings. The highest BCUT2D eigenvalue weighted by Gasteiger charge is 2.17. The average Bonchev–Trinajstić information content (AvgIpc) is 3.14. The first-order valence-electron chi connectivity index (χ1n) is 9.13. The molecule has 1 fully saturated rings. The van der Waals surface area contributed by atoms with Gasteiger partial charge in [0.25, 0.3) is 0 Å². The number of nitrogens with zero attached hydrogens (tertiary/aromatic N) is 4. The molecule has 3 heterocycles. The van der Waals surface area contributed by atoms with E-state index in [1.165, 1.54) is 19.3 Å². The second-order valence-corrected chi connectivity index (χ2v) is 8.26. The van der Waals surface area contributed by atoms with E-state index in [4.69, 9.17) is 9.97 Å². The van der Waals surface area contributed by atoms with Crippen molar-refractivity contribution in [1.82, 2.24) is 15.0 Å². The van der Waals surface area contributed by atoms with E-state index in [0.29, 0.717) is 5.95 Å². The Labute approximate surface area is 166 Å². The lowest BCUT2D eigenvalue weighted by molar-refractivity contribution is 0.577. The van der Waals surface area contributed by atoms with Gasteiger partial charge < -0.3 is 10.2 Å². The summed E-state index contributed by atoms with van der Waals surface area (Å²) in [5.41, 5.74) is 2.88. The highest BCUT2D eigenvalue weighted by atomic mass is 32.1. The third kappa shape index (κ3) is 3.33. The number of hydrogen-bond acceptors (Lipinski definition) is 7. The fraction of sp³-hybridized carbons (Fsp3) is 0.250. The summed E-state index contributed by atoms with van der Waals surface area (Å²) in [4.78, 5) is 17.4. The van der Waals surface area contributed by atoms with Crippen LogP contribution >= 0.6 is 24.0 Å². The summed E-state index contributed by atoms with van der Waals surface area (Å²) in [6.07, 6.45) is 5.68. The Bertz CT molecular complexity index is 1120. The third-order valence-corrected chi connectivity index (χ3v) is 6.24. The van der Waals surface area contributed by atoms with Gasteiger partial charge in [0.2, 0.25) is 5.95 Å². The Morgan fingerprint density at radius 3 is 2.78 bits per heavy atom. The maximum atomic E-state index is 4.87. The van der Waals surface area contributed by atoms with Crippen molar-refractivity contribution >= 4 is 61.9 Å². The SMILES string of the molecule is Sc1cccc(Nc2ncc3ccc4nc(N5CCCCC5)sc4c3n2)c1. The molecule has 0 unspecified atom stereocenters. The Morgan fingerprint density at radius 1 is 1.04 bits per heavy atom. The van der Waals surface area contributed by atoms with Crippen molar-refractivity contribution in [3.05, 3.63) is 42.6 Å². The van der Waals surface area contributed by atoms with Crippen molar-refractivity contribution in [3.8, 4) is 0 Å². The van der Waals surface area contributed by atoms with Crippen molar-refractivity contribution in [2.45, 2.75) is 24.2 Å². The molecule has 4 aromatic rings. The summed E-state index contributed by atoms with van der Waals surface area (Å²) in [6, 6.07) is 12.0. The molecule has 0 bridgehead atoms. The number of aromatic nitrogens is 3. The fourth-order valence-electron chi connectivity index (χ4n) is 3.46. The van der Waals surface area contributed by atoms with Crippen LogP contribution in [0.4, 0.5) is 16.8 Å². The third-order valence-electron chi connectivity index (χ3n) is 4.82. The number of thiol groups is 1. The van der Waals surface area contributed by atoms with Gasteiger partial charge in [-0.2, -0.15) is 0 Å². The minimum Gasteiger partial charge on any atom is -0.348 e. The number of hydrogen-bond donors (Lipinski definition) is 2. The molecule has 1 N–H and O–H groups in total. The van der Waals surface area contributed by atoms with Crippen LogP contribution in [-0.2, 0) is 0 Å². The summed E-state index contributed by atoms with van der Waals surface area (Å²) in [5, 5.41) is 5.41. The summed E-state index contributed by atoms with van der Waals surface area (Å²) < 4.78 is 1.13. The molecule has 0 radical (unpaired) electrons. The second-order valence-electron chi connectivity index (χ2n) is 6.76. The van der Waals surface area contributed by atoms with Crippen LogP contribution in [0.2, 0.25) is 0 Å². The van der Waals surface area contributed by atoms with Gasteiger partial charge in [-0.25, -0.2) is 15.0 Å². The number of thiazole rings is 1. The molecule has 0 saturated carbocycles. The molecule has 1 aliphatic heterocycles. The molecular formula is C20H19N5S2. The summed E-state index contributed by atoms with van der Waals surface area (Å²) >= 11 is 6.12. The molecule has 136 valence electrons. The number of fused-ring (bicyclic) bond motifs is 3. The van der Waals surface area contributed by atoms with Crippen LogP contribution in [0, 0.1) is 0 Å². The first-order chi connectivity index (χ1) is 13.3. The molecule has 5 nitrogen and oxygen atoms in total. The Kier molecular flexibility index (Phi) is 4.33. The smallest absolute Gasteiger partial charge is 0.227 e. The second kappa shape index (κ2) is 6.98. The first-order valence-corrected chi connectivity index (χ1v) is 10.4. The zero-order chi connectivity index (χ0) is 18.2.